The number of thioether (sulfide) groups is 1. The standard InChI is InChI=1S/C38H36ClN3O5S/c1-41-36-29(15-16-30(39)34(36)35-31(21-43)40-42-17-5-10-32(35)42)28(37(41)38(44)45)9-6-18-47-33-20-26(19-24-7-3-4-8-27(24)33)48-22-23-11-13-25(46-2)14-12-23/h3-4,7-8,11-16,19-20,43H,5-6,9-10,17-18,21-22H2,1-2H3,(H,44,45). The highest BCUT2D eigenvalue weighted by atomic mass is 35.5. The summed E-state index contributed by atoms with van der Waals surface area (Å²) in [5, 5.41) is 28.7. The molecule has 2 aromatic heterocycles. The number of benzene rings is 4. The van der Waals surface area contributed by atoms with Gasteiger partial charge in [-0.25, -0.2) is 4.79 Å². The Morgan fingerprint density at radius 2 is 1.85 bits per heavy atom. The number of carbonyl (C=O) groups is 1. The van der Waals surface area contributed by atoms with Crippen molar-refractivity contribution in [2.24, 2.45) is 7.05 Å². The second kappa shape index (κ2) is 13.6. The van der Waals surface area contributed by atoms with Crippen molar-refractivity contribution in [1.29, 1.82) is 0 Å². The molecule has 0 radical (unpaired) electrons. The van der Waals surface area contributed by atoms with E-state index in [-0.39, 0.29) is 12.3 Å². The van der Waals surface area contributed by atoms with E-state index in [1.165, 1.54) is 5.56 Å². The lowest BCUT2D eigenvalue weighted by molar-refractivity contribution is 0.0685. The number of hydrogen-bond acceptors (Lipinski definition) is 6. The molecule has 2 N–H and O–H groups in total. The first kappa shape index (κ1) is 32.1. The lowest BCUT2D eigenvalue weighted by atomic mass is 9.97. The molecule has 6 aromatic rings. The van der Waals surface area contributed by atoms with Gasteiger partial charge < -0.3 is 24.3 Å². The number of halogens is 1. The molecule has 1 aliphatic heterocycles. The maximum absolute atomic E-state index is 12.7. The molecule has 4 aromatic carbocycles. The fraction of sp³-hybridized carbons (Fsp3) is 0.263. The molecular formula is C38H36ClN3O5S. The van der Waals surface area contributed by atoms with Gasteiger partial charge in [0.15, 0.2) is 0 Å². The van der Waals surface area contributed by atoms with Crippen LogP contribution >= 0.6 is 23.4 Å². The van der Waals surface area contributed by atoms with Crippen molar-refractivity contribution in [3.63, 3.8) is 0 Å². The third kappa shape index (κ3) is 5.91. The minimum absolute atomic E-state index is 0.224. The molecule has 0 saturated carbocycles. The molecule has 7 rings (SSSR count). The fourth-order valence-electron chi connectivity index (χ4n) is 6.92. The normalized spacial score (nSPS) is 12.6. The van der Waals surface area contributed by atoms with Crippen LogP contribution in [0.25, 0.3) is 32.8 Å². The Morgan fingerprint density at radius 1 is 1.04 bits per heavy atom. The molecule has 1 aliphatic rings. The second-order valence-corrected chi connectivity index (χ2v) is 13.5. The topological polar surface area (TPSA) is 98.7 Å². The van der Waals surface area contributed by atoms with Crippen LogP contribution in [0.4, 0.5) is 0 Å². The molecule has 8 nitrogen and oxygen atoms in total. The number of aliphatic hydroxyl groups is 1. The Balaban J connectivity index is 1.15. The molecule has 0 aliphatic carbocycles. The van der Waals surface area contributed by atoms with E-state index in [1.54, 1.807) is 30.5 Å². The SMILES string of the molecule is COc1ccc(CSc2cc(OCCCc3c(C(=O)O)n(C)c4c(-c5c(CO)nn6c5CCC6)c(Cl)ccc34)c3ccccc3c2)cc1. The third-order valence-corrected chi connectivity index (χ3v) is 10.5. The van der Waals surface area contributed by atoms with Crippen molar-refractivity contribution in [3.8, 4) is 22.6 Å². The summed E-state index contributed by atoms with van der Waals surface area (Å²) in [6.07, 6.45) is 2.90. The first-order chi connectivity index (χ1) is 23.4. The predicted octanol–water partition coefficient (Wildman–Crippen LogP) is 8.30. The van der Waals surface area contributed by atoms with Gasteiger partial charge in [-0.2, -0.15) is 5.10 Å². The summed E-state index contributed by atoms with van der Waals surface area (Å²) in [4.78, 5) is 13.8. The minimum Gasteiger partial charge on any atom is -0.497 e. The first-order valence-electron chi connectivity index (χ1n) is 16.0. The van der Waals surface area contributed by atoms with E-state index < -0.39 is 5.97 Å². The number of aromatic nitrogens is 3. The maximum atomic E-state index is 12.7. The van der Waals surface area contributed by atoms with Crippen molar-refractivity contribution >= 4 is 51.0 Å². The molecule has 0 fully saturated rings. The van der Waals surface area contributed by atoms with Crippen LogP contribution in [0.2, 0.25) is 5.02 Å². The quantitative estimate of drug-likeness (QED) is 0.0991. The molecule has 0 bridgehead atoms. The predicted molar refractivity (Wildman–Crippen MR) is 191 cm³/mol. The molecule has 10 heteroatoms. The summed E-state index contributed by atoms with van der Waals surface area (Å²) in [6.45, 7) is 0.977. The van der Waals surface area contributed by atoms with Gasteiger partial charge in [0.1, 0.15) is 17.2 Å². The van der Waals surface area contributed by atoms with Crippen LogP contribution in [0.1, 0.15) is 45.8 Å². The molecule has 3 heterocycles. The number of ether oxygens (including phenoxy) is 2. The van der Waals surface area contributed by atoms with Crippen molar-refractivity contribution < 1.29 is 24.5 Å². The van der Waals surface area contributed by atoms with E-state index in [9.17, 15) is 15.0 Å². The van der Waals surface area contributed by atoms with Gasteiger partial charge in [-0.3, -0.25) is 4.68 Å². The van der Waals surface area contributed by atoms with Gasteiger partial charge in [0.05, 0.1) is 36.6 Å². The van der Waals surface area contributed by atoms with Crippen LogP contribution < -0.4 is 9.47 Å². The summed E-state index contributed by atoms with van der Waals surface area (Å²) in [5.74, 6) is 1.46. The molecule has 0 spiro atoms. The number of hydrogen-bond donors (Lipinski definition) is 2. The highest BCUT2D eigenvalue weighted by Crippen LogP contribution is 2.43. The Kier molecular flexibility index (Phi) is 9.09. The van der Waals surface area contributed by atoms with Crippen LogP contribution in [0.15, 0.2) is 77.7 Å². The number of carboxylic acid groups (broad SMARTS) is 1. The highest BCUT2D eigenvalue weighted by molar-refractivity contribution is 7.98. The zero-order valence-corrected chi connectivity index (χ0v) is 28.4. The summed E-state index contributed by atoms with van der Waals surface area (Å²) in [7, 11) is 3.44. The Labute approximate surface area is 287 Å². The Hall–Kier alpha value is -4.44. The summed E-state index contributed by atoms with van der Waals surface area (Å²) in [6, 6.07) is 24.3. The summed E-state index contributed by atoms with van der Waals surface area (Å²) in [5.41, 5.74) is 6.03. The number of fused-ring (bicyclic) bond motifs is 3. The second-order valence-electron chi connectivity index (χ2n) is 12.0. The van der Waals surface area contributed by atoms with Gasteiger partial charge in [0, 0.05) is 51.8 Å². The van der Waals surface area contributed by atoms with Crippen LogP contribution in [0.3, 0.4) is 0 Å². The number of aromatic carboxylic acids is 1. The Morgan fingerprint density at radius 3 is 2.62 bits per heavy atom. The lowest BCUT2D eigenvalue weighted by Crippen LogP contribution is -2.09. The zero-order valence-electron chi connectivity index (χ0n) is 26.8. The van der Waals surface area contributed by atoms with Crippen LogP contribution in [-0.2, 0) is 38.8 Å². The number of aryl methyl sites for hydroxylation is 3. The van der Waals surface area contributed by atoms with Crippen molar-refractivity contribution in [3.05, 3.63) is 106 Å². The molecule has 0 unspecified atom stereocenters. The number of carboxylic acids is 1. The van der Waals surface area contributed by atoms with E-state index in [1.807, 2.05) is 41.1 Å². The number of nitrogens with zero attached hydrogens (tertiary/aromatic N) is 3. The molecule has 48 heavy (non-hydrogen) atoms. The van der Waals surface area contributed by atoms with E-state index in [2.05, 4.69) is 41.5 Å². The van der Waals surface area contributed by atoms with E-state index >= 15 is 0 Å². The minimum atomic E-state index is -0.998. The number of rotatable bonds is 12. The molecular weight excluding hydrogens is 646 g/mol. The van der Waals surface area contributed by atoms with Gasteiger partial charge in [-0.05, 0) is 72.5 Å². The van der Waals surface area contributed by atoms with Gasteiger partial charge in [-0.1, -0.05) is 54.1 Å². The molecule has 0 atom stereocenters. The zero-order chi connectivity index (χ0) is 33.4. The summed E-state index contributed by atoms with van der Waals surface area (Å²) < 4.78 is 15.4. The average molecular weight is 682 g/mol. The monoisotopic (exact) mass is 681 g/mol. The van der Waals surface area contributed by atoms with Gasteiger partial charge >= 0.3 is 5.97 Å². The molecule has 246 valence electrons. The Bertz CT molecular complexity index is 2150. The first-order valence-corrected chi connectivity index (χ1v) is 17.4. The van der Waals surface area contributed by atoms with Crippen molar-refractivity contribution in [1.82, 2.24) is 14.3 Å². The fourth-order valence-corrected chi connectivity index (χ4v) is 8.09. The van der Waals surface area contributed by atoms with Crippen molar-refractivity contribution in [2.45, 2.75) is 49.5 Å². The average Bonchev–Trinajstić information content (AvgIpc) is 3.77. The highest BCUT2D eigenvalue weighted by Gasteiger charge is 2.29. The van der Waals surface area contributed by atoms with E-state index in [0.29, 0.717) is 30.2 Å². The van der Waals surface area contributed by atoms with Gasteiger partial charge in [-0.15, -0.1) is 11.8 Å². The third-order valence-electron chi connectivity index (χ3n) is 9.12. The van der Waals surface area contributed by atoms with E-state index in [0.717, 1.165) is 85.6 Å². The van der Waals surface area contributed by atoms with Gasteiger partial charge in [0.25, 0.3) is 0 Å². The largest absolute Gasteiger partial charge is 0.497 e. The smallest absolute Gasteiger partial charge is 0.352 e. The number of methoxy groups -OCH3 is 1. The maximum Gasteiger partial charge on any atom is 0.352 e. The lowest BCUT2D eigenvalue weighted by Gasteiger charge is -2.13. The van der Waals surface area contributed by atoms with E-state index in [4.69, 9.17) is 21.1 Å². The number of aliphatic hydroxyl groups excluding tert-OH is 1. The van der Waals surface area contributed by atoms with Crippen LogP contribution in [-0.4, -0.2) is 44.2 Å². The van der Waals surface area contributed by atoms with Crippen molar-refractivity contribution in [2.75, 3.05) is 13.7 Å². The molecule has 0 saturated heterocycles. The van der Waals surface area contributed by atoms with Crippen LogP contribution in [0.5, 0.6) is 11.5 Å². The summed E-state index contributed by atoms with van der Waals surface area (Å²) >= 11 is 8.61. The molecule has 0 amide bonds. The van der Waals surface area contributed by atoms with Crippen LogP contribution in [0, 0.1) is 0 Å². The van der Waals surface area contributed by atoms with Gasteiger partial charge in [0.2, 0.25) is 0 Å².